The van der Waals surface area contributed by atoms with Gasteiger partial charge in [-0.3, -0.25) is 9.59 Å². The third-order valence-electron chi connectivity index (χ3n) is 4.60. The van der Waals surface area contributed by atoms with Gasteiger partial charge >= 0.3 is 0 Å². The van der Waals surface area contributed by atoms with Crippen molar-refractivity contribution in [3.05, 3.63) is 29.8 Å². The lowest BCUT2D eigenvalue weighted by Crippen LogP contribution is -2.50. The molecular formula is C17H23N3O2. The first-order valence-electron chi connectivity index (χ1n) is 8.05. The van der Waals surface area contributed by atoms with Crippen LogP contribution in [0.5, 0.6) is 0 Å². The summed E-state index contributed by atoms with van der Waals surface area (Å²) in [4.78, 5) is 29.8. The lowest BCUT2D eigenvalue weighted by Gasteiger charge is -2.34. The largest absolute Gasteiger partial charge is 0.372 e. The Hall–Kier alpha value is -2.04. The predicted molar refractivity (Wildman–Crippen MR) is 86.0 cm³/mol. The summed E-state index contributed by atoms with van der Waals surface area (Å²) in [5.74, 6) is 0.151. The fourth-order valence-corrected chi connectivity index (χ4v) is 3.20. The van der Waals surface area contributed by atoms with Gasteiger partial charge in [0.15, 0.2) is 0 Å². The summed E-state index contributed by atoms with van der Waals surface area (Å²) < 4.78 is 0. The highest BCUT2D eigenvalue weighted by molar-refractivity contribution is 5.94. The van der Waals surface area contributed by atoms with Gasteiger partial charge in [0.25, 0.3) is 5.91 Å². The molecule has 2 fully saturated rings. The number of rotatable bonds is 2. The first-order valence-corrected chi connectivity index (χ1v) is 8.05. The average molecular weight is 301 g/mol. The minimum absolute atomic E-state index is 0.0659. The van der Waals surface area contributed by atoms with E-state index in [0.717, 1.165) is 18.7 Å². The van der Waals surface area contributed by atoms with Gasteiger partial charge in [0, 0.05) is 57.4 Å². The van der Waals surface area contributed by atoms with E-state index in [9.17, 15) is 9.59 Å². The number of carbonyl (C=O) groups is 2. The third-order valence-corrected chi connectivity index (χ3v) is 4.60. The molecule has 2 heterocycles. The van der Waals surface area contributed by atoms with E-state index < -0.39 is 0 Å². The third kappa shape index (κ3) is 3.08. The Bertz CT molecular complexity index is 542. The van der Waals surface area contributed by atoms with E-state index in [2.05, 4.69) is 4.90 Å². The maximum atomic E-state index is 12.5. The first kappa shape index (κ1) is 14.9. The molecule has 2 saturated heterocycles. The van der Waals surface area contributed by atoms with Crippen LogP contribution in [0.15, 0.2) is 24.3 Å². The lowest BCUT2D eigenvalue weighted by molar-refractivity contribution is -0.130. The molecule has 2 amide bonds. The van der Waals surface area contributed by atoms with E-state index in [1.807, 2.05) is 29.2 Å². The minimum Gasteiger partial charge on any atom is -0.372 e. The summed E-state index contributed by atoms with van der Waals surface area (Å²) in [6, 6.07) is 7.94. The molecule has 0 saturated carbocycles. The molecule has 5 heteroatoms. The molecule has 0 spiro atoms. The van der Waals surface area contributed by atoms with Gasteiger partial charge in [-0.2, -0.15) is 0 Å². The zero-order valence-electron chi connectivity index (χ0n) is 13.1. The van der Waals surface area contributed by atoms with Gasteiger partial charge in [0.2, 0.25) is 5.91 Å². The van der Waals surface area contributed by atoms with Crippen LogP contribution in [0.4, 0.5) is 5.69 Å². The number of carbonyl (C=O) groups excluding carboxylic acids is 2. The molecule has 0 N–H and O–H groups in total. The van der Waals surface area contributed by atoms with E-state index in [0.29, 0.717) is 26.2 Å². The zero-order valence-corrected chi connectivity index (χ0v) is 13.1. The molecule has 0 bridgehead atoms. The smallest absolute Gasteiger partial charge is 0.253 e. The summed E-state index contributed by atoms with van der Waals surface area (Å²) in [5, 5.41) is 0. The predicted octanol–water partition coefficient (Wildman–Crippen LogP) is 1.59. The summed E-state index contributed by atoms with van der Waals surface area (Å²) in [5.41, 5.74) is 1.94. The number of piperazine rings is 1. The molecule has 0 unspecified atom stereocenters. The molecule has 0 aromatic heterocycles. The van der Waals surface area contributed by atoms with Crippen LogP contribution in [-0.2, 0) is 4.79 Å². The number of benzene rings is 1. The van der Waals surface area contributed by atoms with Crippen molar-refractivity contribution in [3.63, 3.8) is 0 Å². The van der Waals surface area contributed by atoms with E-state index >= 15 is 0 Å². The summed E-state index contributed by atoms with van der Waals surface area (Å²) in [6.45, 7) is 6.30. The molecule has 3 rings (SSSR count). The van der Waals surface area contributed by atoms with Gasteiger partial charge in [-0.05, 0) is 37.1 Å². The van der Waals surface area contributed by atoms with E-state index in [1.54, 1.807) is 11.8 Å². The van der Waals surface area contributed by atoms with Gasteiger partial charge in [-0.25, -0.2) is 0 Å². The van der Waals surface area contributed by atoms with E-state index in [4.69, 9.17) is 0 Å². The Morgan fingerprint density at radius 1 is 0.818 bits per heavy atom. The quantitative estimate of drug-likeness (QED) is 0.833. The second kappa shape index (κ2) is 6.38. The Labute approximate surface area is 131 Å². The van der Waals surface area contributed by atoms with Crippen LogP contribution in [0.1, 0.15) is 30.1 Å². The number of hydrogen-bond acceptors (Lipinski definition) is 3. The van der Waals surface area contributed by atoms with Crippen LogP contribution in [0.3, 0.4) is 0 Å². The van der Waals surface area contributed by atoms with Gasteiger partial charge in [-0.1, -0.05) is 0 Å². The van der Waals surface area contributed by atoms with E-state index in [-0.39, 0.29) is 11.8 Å². The number of anilines is 1. The van der Waals surface area contributed by atoms with Crippen LogP contribution in [-0.4, -0.2) is 60.9 Å². The summed E-state index contributed by atoms with van der Waals surface area (Å²) in [7, 11) is 0. The average Bonchev–Trinajstić information content (AvgIpc) is 3.09. The highest BCUT2D eigenvalue weighted by Crippen LogP contribution is 2.21. The maximum Gasteiger partial charge on any atom is 0.253 e. The second-order valence-electron chi connectivity index (χ2n) is 6.04. The molecule has 1 aromatic rings. The maximum absolute atomic E-state index is 12.5. The van der Waals surface area contributed by atoms with Crippen LogP contribution in [0.25, 0.3) is 0 Å². The molecule has 22 heavy (non-hydrogen) atoms. The van der Waals surface area contributed by atoms with Crippen molar-refractivity contribution in [2.75, 3.05) is 44.2 Å². The van der Waals surface area contributed by atoms with Crippen LogP contribution < -0.4 is 4.90 Å². The van der Waals surface area contributed by atoms with Crippen molar-refractivity contribution in [1.82, 2.24) is 9.80 Å². The van der Waals surface area contributed by atoms with Crippen molar-refractivity contribution in [2.24, 2.45) is 0 Å². The monoisotopic (exact) mass is 301 g/mol. The molecule has 5 nitrogen and oxygen atoms in total. The SMILES string of the molecule is CC(=O)N1CCN(C(=O)c2ccc(N3CCCC3)cc2)CC1. The van der Waals surface area contributed by atoms with Crippen LogP contribution in [0.2, 0.25) is 0 Å². The minimum atomic E-state index is 0.0659. The molecule has 0 atom stereocenters. The van der Waals surface area contributed by atoms with E-state index in [1.165, 1.54) is 18.5 Å². The summed E-state index contributed by atoms with van der Waals surface area (Å²) in [6.07, 6.45) is 2.50. The molecular weight excluding hydrogens is 278 g/mol. The van der Waals surface area contributed by atoms with Crippen LogP contribution in [0, 0.1) is 0 Å². The normalized spacial score (nSPS) is 18.7. The number of nitrogens with zero attached hydrogens (tertiary/aromatic N) is 3. The van der Waals surface area contributed by atoms with Gasteiger partial charge < -0.3 is 14.7 Å². The topological polar surface area (TPSA) is 43.9 Å². The summed E-state index contributed by atoms with van der Waals surface area (Å²) >= 11 is 0. The highest BCUT2D eigenvalue weighted by Gasteiger charge is 2.23. The lowest BCUT2D eigenvalue weighted by atomic mass is 10.1. The van der Waals surface area contributed by atoms with Crippen molar-refractivity contribution >= 4 is 17.5 Å². The van der Waals surface area contributed by atoms with Gasteiger partial charge in [-0.15, -0.1) is 0 Å². The highest BCUT2D eigenvalue weighted by atomic mass is 16.2. The standard InChI is InChI=1S/C17H23N3O2/c1-14(21)18-10-12-20(13-11-18)17(22)15-4-6-16(7-5-15)19-8-2-3-9-19/h4-7H,2-3,8-13H2,1H3. The Kier molecular flexibility index (Phi) is 4.32. The first-order chi connectivity index (χ1) is 10.6. The Balaban J connectivity index is 1.61. The number of amides is 2. The van der Waals surface area contributed by atoms with Gasteiger partial charge in [0.1, 0.15) is 0 Å². The number of hydrogen-bond donors (Lipinski definition) is 0. The molecule has 2 aliphatic rings. The fourth-order valence-electron chi connectivity index (χ4n) is 3.20. The van der Waals surface area contributed by atoms with Crippen molar-refractivity contribution < 1.29 is 9.59 Å². The molecule has 118 valence electrons. The zero-order chi connectivity index (χ0) is 15.5. The molecule has 1 aromatic carbocycles. The Morgan fingerprint density at radius 3 is 1.91 bits per heavy atom. The Morgan fingerprint density at radius 2 is 1.36 bits per heavy atom. The molecule has 2 aliphatic heterocycles. The van der Waals surface area contributed by atoms with Crippen molar-refractivity contribution in [1.29, 1.82) is 0 Å². The second-order valence-corrected chi connectivity index (χ2v) is 6.04. The molecule has 0 radical (unpaired) electrons. The molecule has 0 aliphatic carbocycles. The van der Waals surface area contributed by atoms with Crippen molar-refractivity contribution in [3.8, 4) is 0 Å². The van der Waals surface area contributed by atoms with Gasteiger partial charge in [0.05, 0.1) is 0 Å². The van der Waals surface area contributed by atoms with Crippen LogP contribution >= 0.6 is 0 Å². The fraction of sp³-hybridized carbons (Fsp3) is 0.529. The van der Waals surface area contributed by atoms with Crippen molar-refractivity contribution in [2.45, 2.75) is 19.8 Å².